The molecule has 22 heavy (non-hydrogen) atoms. The Morgan fingerprint density at radius 3 is 2.14 bits per heavy atom. The number of fused-ring (bicyclic) bond motifs is 3. The number of hydrogen-bond acceptors (Lipinski definition) is 3. The van der Waals surface area contributed by atoms with Gasteiger partial charge in [0.05, 0.1) is 11.0 Å². The Bertz CT molecular complexity index is 852. The van der Waals surface area contributed by atoms with Crippen LogP contribution in [0.15, 0.2) is 30.6 Å². The zero-order valence-corrected chi connectivity index (χ0v) is 14.2. The van der Waals surface area contributed by atoms with Crippen molar-refractivity contribution in [1.29, 1.82) is 0 Å². The van der Waals surface area contributed by atoms with Crippen molar-refractivity contribution >= 4 is 21.8 Å². The van der Waals surface area contributed by atoms with Gasteiger partial charge in [-0.3, -0.25) is 4.98 Å². The van der Waals surface area contributed by atoms with Crippen molar-refractivity contribution in [3.05, 3.63) is 42.0 Å². The SMILES string of the molecule is CC(C)(C)c1ncc2c(ccc3c(C(C)(C)C)ccnc32)n1. The van der Waals surface area contributed by atoms with Gasteiger partial charge in [-0.2, -0.15) is 0 Å². The van der Waals surface area contributed by atoms with Gasteiger partial charge in [-0.05, 0) is 23.1 Å². The van der Waals surface area contributed by atoms with E-state index in [1.165, 1.54) is 10.9 Å². The molecule has 0 spiro atoms. The second-order valence-electron chi connectivity index (χ2n) is 7.95. The first-order valence-corrected chi connectivity index (χ1v) is 7.73. The van der Waals surface area contributed by atoms with Gasteiger partial charge in [0.15, 0.2) is 0 Å². The maximum atomic E-state index is 4.74. The molecule has 0 aliphatic rings. The Morgan fingerprint density at radius 2 is 1.50 bits per heavy atom. The Labute approximate surface area is 131 Å². The van der Waals surface area contributed by atoms with Crippen molar-refractivity contribution in [1.82, 2.24) is 15.0 Å². The van der Waals surface area contributed by atoms with Crippen LogP contribution in [0.25, 0.3) is 21.8 Å². The molecule has 1 aromatic carbocycles. The zero-order chi connectivity index (χ0) is 16.1. The molecule has 3 nitrogen and oxygen atoms in total. The summed E-state index contributed by atoms with van der Waals surface area (Å²) in [5.74, 6) is 0.867. The number of rotatable bonds is 0. The standard InChI is InChI=1S/C19H23N3/c1-18(2,3)14-9-10-20-16-12(14)7-8-15-13(16)11-21-17(22-15)19(4,5)6/h7-11H,1-6H3. The normalized spacial score (nSPS) is 13.0. The Hall–Kier alpha value is -2.03. The molecule has 0 unspecified atom stereocenters. The third kappa shape index (κ3) is 2.45. The predicted molar refractivity (Wildman–Crippen MR) is 92.2 cm³/mol. The van der Waals surface area contributed by atoms with E-state index in [4.69, 9.17) is 4.98 Å². The van der Waals surface area contributed by atoms with E-state index in [1.54, 1.807) is 0 Å². The van der Waals surface area contributed by atoms with Crippen LogP contribution in [0.2, 0.25) is 0 Å². The van der Waals surface area contributed by atoms with E-state index < -0.39 is 0 Å². The molecule has 0 N–H and O–H groups in total. The Morgan fingerprint density at radius 1 is 0.773 bits per heavy atom. The molecule has 0 fully saturated rings. The number of nitrogens with zero attached hydrogens (tertiary/aromatic N) is 3. The van der Waals surface area contributed by atoms with Crippen LogP contribution in [0.5, 0.6) is 0 Å². The fraction of sp³-hybridized carbons (Fsp3) is 0.421. The minimum absolute atomic E-state index is 0.0518. The maximum Gasteiger partial charge on any atom is 0.134 e. The highest BCUT2D eigenvalue weighted by Crippen LogP contribution is 2.32. The van der Waals surface area contributed by atoms with E-state index in [-0.39, 0.29) is 10.8 Å². The lowest BCUT2D eigenvalue weighted by Gasteiger charge is -2.21. The summed E-state index contributed by atoms with van der Waals surface area (Å²) in [5, 5.41) is 2.21. The molecular formula is C19H23N3. The van der Waals surface area contributed by atoms with E-state index in [2.05, 4.69) is 69.7 Å². The second-order valence-corrected chi connectivity index (χ2v) is 7.95. The molecule has 3 rings (SSSR count). The van der Waals surface area contributed by atoms with Crippen LogP contribution in [0.1, 0.15) is 52.9 Å². The number of pyridine rings is 1. The zero-order valence-electron chi connectivity index (χ0n) is 14.2. The molecule has 114 valence electrons. The summed E-state index contributed by atoms with van der Waals surface area (Å²) in [6, 6.07) is 6.34. The van der Waals surface area contributed by atoms with Gasteiger partial charge in [-0.25, -0.2) is 9.97 Å². The van der Waals surface area contributed by atoms with Crippen LogP contribution in [0, 0.1) is 0 Å². The molecule has 0 amide bonds. The van der Waals surface area contributed by atoms with Gasteiger partial charge in [0.25, 0.3) is 0 Å². The predicted octanol–water partition coefficient (Wildman–Crippen LogP) is 4.77. The highest BCUT2D eigenvalue weighted by molar-refractivity contribution is 6.04. The maximum absolute atomic E-state index is 4.74. The molecule has 0 radical (unpaired) electrons. The van der Waals surface area contributed by atoms with Crippen LogP contribution in [0.3, 0.4) is 0 Å². The van der Waals surface area contributed by atoms with Gasteiger partial charge in [0, 0.05) is 28.6 Å². The first kappa shape index (κ1) is 14.9. The molecule has 0 atom stereocenters. The molecule has 0 saturated heterocycles. The van der Waals surface area contributed by atoms with Crippen molar-refractivity contribution in [2.75, 3.05) is 0 Å². The van der Waals surface area contributed by atoms with Crippen LogP contribution < -0.4 is 0 Å². The first-order chi connectivity index (χ1) is 10.2. The van der Waals surface area contributed by atoms with Gasteiger partial charge in [0.1, 0.15) is 5.82 Å². The largest absolute Gasteiger partial charge is 0.255 e. The van der Waals surface area contributed by atoms with E-state index in [9.17, 15) is 0 Å². The summed E-state index contributed by atoms with van der Waals surface area (Å²) in [5.41, 5.74) is 3.29. The summed E-state index contributed by atoms with van der Waals surface area (Å²) < 4.78 is 0. The average Bonchev–Trinajstić information content (AvgIpc) is 2.43. The quantitative estimate of drug-likeness (QED) is 0.560. The van der Waals surface area contributed by atoms with Gasteiger partial charge < -0.3 is 0 Å². The molecule has 3 heteroatoms. The molecule has 0 aliphatic heterocycles. The van der Waals surface area contributed by atoms with Crippen LogP contribution in [-0.4, -0.2) is 15.0 Å². The van der Waals surface area contributed by atoms with Crippen LogP contribution in [-0.2, 0) is 10.8 Å². The van der Waals surface area contributed by atoms with Crippen molar-refractivity contribution in [2.45, 2.75) is 52.4 Å². The summed E-state index contributed by atoms with van der Waals surface area (Å²) in [6.07, 6.45) is 3.81. The van der Waals surface area contributed by atoms with Crippen molar-refractivity contribution in [3.8, 4) is 0 Å². The lowest BCUT2D eigenvalue weighted by atomic mass is 9.84. The second kappa shape index (κ2) is 4.73. The molecule has 2 heterocycles. The van der Waals surface area contributed by atoms with E-state index >= 15 is 0 Å². The Kier molecular flexibility index (Phi) is 3.20. The van der Waals surface area contributed by atoms with Gasteiger partial charge in [-0.15, -0.1) is 0 Å². The van der Waals surface area contributed by atoms with Gasteiger partial charge in [0.2, 0.25) is 0 Å². The Balaban J connectivity index is 2.34. The molecule has 0 aliphatic carbocycles. The lowest BCUT2D eigenvalue weighted by molar-refractivity contribution is 0.548. The number of aromatic nitrogens is 3. The summed E-state index contributed by atoms with van der Waals surface area (Å²) in [6.45, 7) is 13.1. The summed E-state index contributed by atoms with van der Waals surface area (Å²) in [7, 11) is 0. The van der Waals surface area contributed by atoms with Gasteiger partial charge >= 0.3 is 0 Å². The van der Waals surface area contributed by atoms with Crippen molar-refractivity contribution < 1.29 is 0 Å². The summed E-state index contributed by atoms with van der Waals surface area (Å²) in [4.78, 5) is 13.9. The molecule has 0 bridgehead atoms. The average molecular weight is 293 g/mol. The minimum Gasteiger partial charge on any atom is -0.255 e. The molecule has 3 aromatic rings. The van der Waals surface area contributed by atoms with Crippen LogP contribution >= 0.6 is 0 Å². The van der Waals surface area contributed by atoms with E-state index in [0.29, 0.717) is 0 Å². The monoisotopic (exact) mass is 293 g/mol. The van der Waals surface area contributed by atoms with Crippen molar-refractivity contribution in [2.24, 2.45) is 0 Å². The summed E-state index contributed by atoms with van der Waals surface area (Å²) >= 11 is 0. The lowest BCUT2D eigenvalue weighted by Crippen LogP contribution is -2.16. The fourth-order valence-corrected chi connectivity index (χ4v) is 2.74. The van der Waals surface area contributed by atoms with E-state index in [0.717, 1.165) is 22.2 Å². The third-order valence-corrected chi connectivity index (χ3v) is 3.95. The van der Waals surface area contributed by atoms with E-state index in [1.807, 2.05) is 12.4 Å². The third-order valence-electron chi connectivity index (χ3n) is 3.95. The molecule has 2 aromatic heterocycles. The molecular weight excluding hydrogens is 270 g/mol. The fourth-order valence-electron chi connectivity index (χ4n) is 2.74. The molecule has 0 saturated carbocycles. The van der Waals surface area contributed by atoms with Crippen molar-refractivity contribution in [3.63, 3.8) is 0 Å². The van der Waals surface area contributed by atoms with Gasteiger partial charge in [-0.1, -0.05) is 47.6 Å². The highest BCUT2D eigenvalue weighted by Gasteiger charge is 2.20. The smallest absolute Gasteiger partial charge is 0.134 e. The minimum atomic E-state index is -0.0518. The number of hydrogen-bond donors (Lipinski definition) is 0. The topological polar surface area (TPSA) is 38.7 Å². The highest BCUT2D eigenvalue weighted by atomic mass is 14.9. The van der Waals surface area contributed by atoms with Crippen LogP contribution in [0.4, 0.5) is 0 Å². The number of benzene rings is 1. The first-order valence-electron chi connectivity index (χ1n) is 7.73.